The summed E-state index contributed by atoms with van der Waals surface area (Å²) in [5.74, 6) is -0.0119. The van der Waals surface area contributed by atoms with Gasteiger partial charge in [-0.1, -0.05) is 19.1 Å². The Bertz CT molecular complexity index is 597. The van der Waals surface area contributed by atoms with Crippen molar-refractivity contribution >= 4 is 5.97 Å². The van der Waals surface area contributed by atoms with Gasteiger partial charge in [0, 0.05) is 6.42 Å². The third-order valence-corrected chi connectivity index (χ3v) is 2.97. The molecule has 0 bridgehead atoms. The van der Waals surface area contributed by atoms with E-state index in [1.165, 1.54) is 4.68 Å². The van der Waals surface area contributed by atoms with Crippen molar-refractivity contribution in [2.45, 2.75) is 19.9 Å². The fourth-order valence-electron chi connectivity index (χ4n) is 1.79. The van der Waals surface area contributed by atoms with Crippen LogP contribution in [-0.2, 0) is 17.8 Å². The average Bonchev–Trinajstić information content (AvgIpc) is 2.86. The maximum absolute atomic E-state index is 10.9. The molecule has 1 atom stereocenters. The zero-order chi connectivity index (χ0) is 14.5. The Morgan fingerprint density at radius 3 is 3.00 bits per heavy atom. The third kappa shape index (κ3) is 3.31. The Labute approximate surface area is 116 Å². The van der Waals surface area contributed by atoms with Crippen molar-refractivity contribution in [2.75, 3.05) is 7.11 Å². The Morgan fingerprint density at radius 2 is 2.30 bits per heavy atom. The van der Waals surface area contributed by atoms with Crippen molar-refractivity contribution < 1.29 is 14.6 Å². The van der Waals surface area contributed by atoms with Gasteiger partial charge in [0.15, 0.2) is 5.82 Å². The van der Waals surface area contributed by atoms with Crippen LogP contribution in [0.15, 0.2) is 24.3 Å². The highest BCUT2D eigenvalue weighted by Crippen LogP contribution is 2.15. The van der Waals surface area contributed by atoms with Gasteiger partial charge in [0.2, 0.25) is 0 Å². The Balaban J connectivity index is 2.13. The Kier molecular flexibility index (Phi) is 4.29. The van der Waals surface area contributed by atoms with Gasteiger partial charge < -0.3 is 9.84 Å². The number of carbonyl (C=O) groups is 1. The molecule has 20 heavy (non-hydrogen) atoms. The lowest BCUT2D eigenvalue weighted by molar-refractivity contribution is -0.141. The van der Waals surface area contributed by atoms with E-state index < -0.39 is 11.9 Å². The lowest BCUT2D eigenvalue weighted by Gasteiger charge is -2.08. The SMILES string of the molecule is COc1cccc(Cc2nnnn2CC(C)C(=O)O)c1. The van der Waals surface area contributed by atoms with Crippen LogP contribution in [0, 0.1) is 5.92 Å². The number of carboxylic acid groups (broad SMARTS) is 1. The van der Waals surface area contributed by atoms with Crippen LogP contribution in [-0.4, -0.2) is 38.4 Å². The summed E-state index contributed by atoms with van der Waals surface area (Å²) >= 11 is 0. The minimum atomic E-state index is -0.868. The summed E-state index contributed by atoms with van der Waals surface area (Å²) in [6.07, 6.45) is 0.524. The molecule has 0 spiro atoms. The van der Waals surface area contributed by atoms with Gasteiger partial charge in [-0.3, -0.25) is 4.79 Å². The molecule has 7 nitrogen and oxygen atoms in total. The lowest BCUT2D eigenvalue weighted by Crippen LogP contribution is -2.19. The highest BCUT2D eigenvalue weighted by molar-refractivity contribution is 5.69. The number of hydrogen-bond donors (Lipinski definition) is 1. The zero-order valence-electron chi connectivity index (χ0n) is 11.4. The van der Waals surface area contributed by atoms with E-state index in [0.29, 0.717) is 12.2 Å². The van der Waals surface area contributed by atoms with Crippen molar-refractivity contribution in [3.63, 3.8) is 0 Å². The first-order valence-electron chi connectivity index (χ1n) is 6.21. The monoisotopic (exact) mass is 276 g/mol. The summed E-state index contributed by atoms with van der Waals surface area (Å²) in [7, 11) is 1.61. The molecule has 2 aromatic rings. The molecule has 0 saturated heterocycles. The van der Waals surface area contributed by atoms with Crippen LogP contribution in [0.5, 0.6) is 5.75 Å². The normalized spacial score (nSPS) is 12.1. The van der Waals surface area contributed by atoms with Crippen LogP contribution in [0.4, 0.5) is 0 Å². The van der Waals surface area contributed by atoms with Crippen LogP contribution in [0.1, 0.15) is 18.3 Å². The molecule has 0 aliphatic rings. The van der Waals surface area contributed by atoms with Crippen LogP contribution in [0.3, 0.4) is 0 Å². The molecule has 0 saturated carbocycles. The first kappa shape index (κ1) is 14.0. The number of tetrazole rings is 1. The molecular weight excluding hydrogens is 260 g/mol. The van der Waals surface area contributed by atoms with E-state index in [-0.39, 0.29) is 6.54 Å². The standard InChI is InChI=1S/C13H16N4O3/c1-9(13(18)19)8-17-12(14-15-16-17)7-10-4-3-5-11(6-10)20-2/h3-6,9H,7-8H2,1-2H3,(H,18,19). The average molecular weight is 276 g/mol. The minimum absolute atomic E-state index is 0.252. The largest absolute Gasteiger partial charge is 0.497 e. The summed E-state index contributed by atoms with van der Waals surface area (Å²) in [5, 5.41) is 20.3. The summed E-state index contributed by atoms with van der Waals surface area (Å²) < 4.78 is 6.69. The topological polar surface area (TPSA) is 90.1 Å². The van der Waals surface area contributed by atoms with Gasteiger partial charge in [-0.2, -0.15) is 0 Å². The van der Waals surface area contributed by atoms with Crippen molar-refractivity contribution in [1.29, 1.82) is 0 Å². The van der Waals surface area contributed by atoms with Gasteiger partial charge in [-0.25, -0.2) is 4.68 Å². The van der Waals surface area contributed by atoms with Crippen molar-refractivity contribution in [2.24, 2.45) is 5.92 Å². The van der Waals surface area contributed by atoms with E-state index in [9.17, 15) is 4.79 Å². The molecule has 0 radical (unpaired) electrons. The van der Waals surface area contributed by atoms with E-state index in [4.69, 9.17) is 9.84 Å². The smallest absolute Gasteiger partial charge is 0.308 e. The van der Waals surface area contributed by atoms with Crippen molar-refractivity contribution in [1.82, 2.24) is 20.2 Å². The molecule has 1 unspecified atom stereocenters. The second-order valence-electron chi connectivity index (χ2n) is 4.54. The molecule has 0 amide bonds. The molecule has 0 aliphatic carbocycles. The van der Waals surface area contributed by atoms with Crippen LogP contribution in [0.2, 0.25) is 0 Å². The molecule has 1 N–H and O–H groups in total. The van der Waals surface area contributed by atoms with Gasteiger partial charge in [0.1, 0.15) is 5.75 Å². The first-order valence-corrected chi connectivity index (χ1v) is 6.21. The second-order valence-corrected chi connectivity index (χ2v) is 4.54. The van der Waals surface area contributed by atoms with Gasteiger partial charge >= 0.3 is 5.97 Å². The van der Waals surface area contributed by atoms with E-state index in [2.05, 4.69) is 15.5 Å². The highest BCUT2D eigenvalue weighted by Gasteiger charge is 2.15. The summed E-state index contributed by atoms with van der Waals surface area (Å²) in [4.78, 5) is 10.9. The summed E-state index contributed by atoms with van der Waals surface area (Å²) in [6, 6.07) is 7.60. The predicted molar refractivity (Wildman–Crippen MR) is 70.4 cm³/mol. The molecule has 0 aliphatic heterocycles. The third-order valence-electron chi connectivity index (χ3n) is 2.97. The Hall–Kier alpha value is -2.44. The molecule has 2 rings (SSSR count). The maximum Gasteiger partial charge on any atom is 0.308 e. The number of nitrogens with zero attached hydrogens (tertiary/aromatic N) is 4. The lowest BCUT2D eigenvalue weighted by atomic mass is 10.1. The van der Waals surface area contributed by atoms with Gasteiger partial charge in [0.05, 0.1) is 19.6 Å². The number of aromatic nitrogens is 4. The fraction of sp³-hybridized carbons (Fsp3) is 0.385. The van der Waals surface area contributed by atoms with Gasteiger partial charge in [0.25, 0.3) is 0 Å². The Morgan fingerprint density at radius 1 is 1.50 bits per heavy atom. The number of rotatable bonds is 6. The van der Waals surface area contributed by atoms with Gasteiger partial charge in [-0.15, -0.1) is 5.10 Å². The van der Waals surface area contributed by atoms with E-state index in [1.807, 2.05) is 24.3 Å². The summed E-state index contributed by atoms with van der Waals surface area (Å²) in [6.45, 7) is 1.88. The maximum atomic E-state index is 10.9. The van der Waals surface area contributed by atoms with Crippen molar-refractivity contribution in [3.05, 3.63) is 35.7 Å². The zero-order valence-corrected chi connectivity index (χ0v) is 11.4. The molecular formula is C13H16N4O3. The van der Waals surface area contributed by atoms with E-state index >= 15 is 0 Å². The number of methoxy groups -OCH3 is 1. The number of ether oxygens (including phenoxy) is 1. The molecule has 1 heterocycles. The highest BCUT2D eigenvalue weighted by atomic mass is 16.5. The number of benzene rings is 1. The first-order chi connectivity index (χ1) is 9.60. The van der Waals surface area contributed by atoms with Crippen LogP contribution in [0.25, 0.3) is 0 Å². The number of hydrogen-bond acceptors (Lipinski definition) is 5. The second kappa shape index (κ2) is 6.14. The minimum Gasteiger partial charge on any atom is -0.497 e. The molecule has 1 aromatic heterocycles. The molecule has 0 fully saturated rings. The van der Waals surface area contributed by atoms with E-state index in [0.717, 1.165) is 11.3 Å². The summed E-state index contributed by atoms with van der Waals surface area (Å²) in [5.41, 5.74) is 1.00. The number of carboxylic acids is 1. The molecule has 1 aromatic carbocycles. The van der Waals surface area contributed by atoms with Crippen molar-refractivity contribution in [3.8, 4) is 5.75 Å². The van der Waals surface area contributed by atoms with Crippen LogP contribution >= 0.6 is 0 Å². The quantitative estimate of drug-likeness (QED) is 0.846. The van der Waals surface area contributed by atoms with Gasteiger partial charge in [-0.05, 0) is 28.1 Å². The van der Waals surface area contributed by atoms with E-state index in [1.54, 1.807) is 14.0 Å². The molecule has 106 valence electrons. The fourth-order valence-corrected chi connectivity index (χ4v) is 1.79. The molecule has 7 heteroatoms. The number of aliphatic carboxylic acids is 1. The van der Waals surface area contributed by atoms with Crippen LogP contribution < -0.4 is 4.74 Å². The predicted octanol–water partition coefficient (Wildman–Crippen LogP) is 0.993.